The average Bonchev–Trinajstić information content (AvgIpc) is 2.40. The van der Waals surface area contributed by atoms with Crippen molar-refractivity contribution in [1.82, 2.24) is 9.88 Å². The van der Waals surface area contributed by atoms with E-state index in [0.717, 1.165) is 19.4 Å². The van der Waals surface area contributed by atoms with Crippen molar-refractivity contribution in [3.8, 4) is 0 Å². The van der Waals surface area contributed by atoms with Crippen LogP contribution in [0.3, 0.4) is 0 Å². The third-order valence-electron chi connectivity index (χ3n) is 3.39. The third-order valence-corrected chi connectivity index (χ3v) is 3.39. The van der Waals surface area contributed by atoms with E-state index >= 15 is 0 Å². The lowest BCUT2D eigenvalue weighted by Crippen LogP contribution is -2.35. The van der Waals surface area contributed by atoms with Gasteiger partial charge in [-0.3, -0.25) is 9.78 Å². The van der Waals surface area contributed by atoms with Crippen molar-refractivity contribution >= 4 is 11.6 Å². The number of carbonyl (C=O) groups is 1. The van der Waals surface area contributed by atoms with Crippen LogP contribution in [0.2, 0.25) is 0 Å². The Morgan fingerprint density at radius 1 is 1.39 bits per heavy atom. The Kier molecular flexibility index (Phi) is 5.62. The summed E-state index contributed by atoms with van der Waals surface area (Å²) in [5, 5.41) is 0. The molecule has 0 bridgehead atoms. The van der Waals surface area contributed by atoms with Crippen molar-refractivity contribution in [3.63, 3.8) is 0 Å². The zero-order valence-corrected chi connectivity index (χ0v) is 11.5. The topological polar surface area (TPSA) is 59.2 Å². The monoisotopic (exact) mass is 249 g/mol. The molecular weight excluding hydrogens is 226 g/mol. The highest BCUT2D eigenvalue weighted by molar-refractivity contribution is 5.98. The van der Waals surface area contributed by atoms with Gasteiger partial charge in [0.1, 0.15) is 0 Å². The Hall–Kier alpha value is -1.58. The van der Waals surface area contributed by atoms with Crippen LogP contribution in [-0.4, -0.2) is 28.9 Å². The molecule has 1 amide bonds. The second-order valence-electron chi connectivity index (χ2n) is 4.49. The van der Waals surface area contributed by atoms with Crippen molar-refractivity contribution < 1.29 is 4.79 Å². The van der Waals surface area contributed by atoms with Crippen molar-refractivity contribution in [2.45, 2.75) is 33.6 Å². The molecule has 4 heteroatoms. The smallest absolute Gasteiger partial charge is 0.257 e. The molecule has 0 saturated carbocycles. The average molecular weight is 249 g/mol. The number of aromatic nitrogens is 1. The maximum atomic E-state index is 12.4. The van der Waals surface area contributed by atoms with Crippen LogP contribution in [0, 0.1) is 5.92 Å². The van der Waals surface area contributed by atoms with Crippen molar-refractivity contribution in [1.29, 1.82) is 0 Å². The highest BCUT2D eigenvalue weighted by Crippen LogP contribution is 2.15. The lowest BCUT2D eigenvalue weighted by Gasteiger charge is -2.25. The van der Waals surface area contributed by atoms with Gasteiger partial charge in [-0.2, -0.15) is 0 Å². The molecule has 0 saturated heterocycles. The second-order valence-corrected chi connectivity index (χ2v) is 4.49. The first-order valence-electron chi connectivity index (χ1n) is 6.62. The van der Waals surface area contributed by atoms with Crippen LogP contribution < -0.4 is 5.73 Å². The van der Waals surface area contributed by atoms with Crippen LogP contribution in [0.1, 0.15) is 44.0 Å². The molecule has 0 aliphatic rings. The fourth-order valence-electron chi connectivity index (χ4n) is 1.97. The number of carbonyl (C=O) groups excluding carboxylic acids is 1. The molecule has 1 aromatic rings. The summed E-state index contributed by atoms with van der Waals surface area (Å²) < 4.78 is 0. The predicted octanol–water partition coefficient (Wildman–Crippen LogP) is 2.56. The summed E-state index contributed by atoms with van der Waals surface area (Å²) in [6.07, 6.45) is 5.32. The lowest BCUT2D eigenvalue weighted by atomic mass is 10.0. The van der Waals surface area contributed by atoms with Gasteiger partial charge in [-0.1, -0.05) is 26.7 Å². The van der Waals surface area contributed by atoms with Crippen LogP contribution in [-0.2, 0) is 0 Å². The number of hydrogen-bond acceptors (Lipinski definition) is 3. The quantitative estimate of drug-likeness (QED) is 0.843. The first kappa shape index (κ1) is 14.5. The van der Waals surface area contributed by atoms with Crippen LogP contribution in [0.5, 0.6) is 0 Å². The summed E-state index contributed by atoms with van der Waals surface area (Å²) in [6, 6.07) is 1.66. The number of anilines is 1. The van der Waals surface area contributed by atoms with Crippen LogP contribution in [0.4, 0.5) is 5.69 Å². The predicted molar refractivity (Wildman–Crippen MR) is 74.3 cm³/mol. The molecule has 0 radical (unpaired) electrons. The molecule has 0 spiro atoms. The van der Waals surface area contributed by atoms with E-state index in [0.29, 0.717) is 23.7 Å². The zero-order valence-electron chi connectivity index (χ0n) is 11.5. The Balaban J connectivity index is 2.83. The minimum Gasteiger partial charge on any atom is -0.398 e. The minimum atomic E-state index is -0.0185. The first-order chi connectivity index (χ1) is 8.63. The molecule has 0 unspecified atom stereocenters. The summed E-state index contributed by atoms with van der Waals surface area (Å²) in [5.74, 6) is 0.529. The minimum absolute atomic E-state index is 0.0185. The third kappa shape index (κ3) is 3.45. The second kappa shape index (κ2) is 6.99. The lowest BCUT2D eigenvalue weighted by molar-refractivity contribution is 0.0735. The van der Waals surface area contributed by atoms with Gasteiger partial charge in [0.25, 0.3) is 5.91 Å². The summed E-state index contributed by atoms with van der Waals surface area (Å²) in [6.45, 7) is 7.79. The normalized spacial score (nSPS) is 10.7. The Bertz CT molecular complexity index is 388. The summed E-state index contributed by atoms with van der Waals surface area (Å²) in [5.41, 5.74) is 6.83. The molecule has 0 aromatic carbocycles. The highest BCUT2D eigenvalue weighted by atomic mass is 16.2. The molecule has 2 N–H and O–H groups in total. The van der Waals surface area contributed by atoms with Crippen molar-refractivity contribution in [2.24, 2.45) is 5.92 Å². The number of nitrogen functional groups attached to an aromatic ring is 1. The summed E-state index contributed by atoms with van der Waals surface area (Å²) in [4.78, 5) is 18.2. The first-order valence-corrected chi connectivity index (χ1v) is 6.62. The van der Waals surface area contributed by atoms with Gasteiger partial charge in [0.15, 0.2) is 0 Å². The number of rotatable bonds is 6. The zero-order chi connectivity index (χ0) is 13.5. The van der Waals surface area contributed by atoms with Crippen LogP contribution in [0.25, 0.3) is 0 Å². The van der Waals surface area contributed by atoms with Crippen molar-refractivity contribution in [2.75, 3.05) is 18.8 Å². The fourth-order valence-corrected chi connectivity index (χ4v) is 1.97. The molecule has 0 fully saturated rings. The van der Waals surface area contributed by atoms with E-state index in [1.807, 2.05) is 11.8 Å². The Morgan fingerprint density at radius 2 is 2.06 bits per heavy atom. The van der Waals surface area contributed by atoms with Gasteiger partial charge >= 0.3 is 0 Å². The molecule has 18 heavy (non-hydrogen) atoms. The van der Waals surface area contributed by atoms with E-state index in [1.54, 1.807) is 18.5 Å². The Labute approximate surface area is 109 Å². The van der Waals surface area contributed by atoms with Gasteiger partial charge in [-0.15, -0.1) is 0 Å². The van der Waals surface area contributed by atoms with Gasteiger partial charge in [0.2, 0.25) is 0 Å². The molecule has 1 heterocycles. The van der Waals surface area contributed by atoms with E-state index in [-0.39, 0.29) is 5.91 Å². The summed E-state index contributed by atoms with van der Waals surface area (Å²) in [7, 11) is 0. The SMILES string of the molecule is CCC(CC)CN(CC)C(=O)c1cnccc1N. The number of nitrogens with two attached hydrogens (primary N) is 1. The van der Waals surface area contributed by atoms with E-state index in [2.05, 4.69) is 18.8 Å². The van der Waals surface area contributed by atoms with Gasteiger partial charge in [-0.05, 0) is 18.9 Å². The van der Waals surface area contributed by atoms with Gasteiger partial charge < -0.3 is 10.6 Å². The van der Waals surface area contributed by atoms with Crippen LogP contribution >= 0.6 is 0 Å². The molecule has 0 atom stereocenters. The number of nitrogens with zero attached hydrogens (tertiary/aromatic N) is 2. The molecule has 1 rings (SSSR count). The van der Waals surface area contributed by atoms with E-state index in [1.165, 1.54) is 0 Å². The summed E-state index contributed by atoms with van der Waals surface area (Å²) >= 11 is 0. The maximum Gasteiger partial charge on any atom is 0.257 e. The van der Waals surface area contributed by atoms with Gasteiger partial charge in [0, 0.05) is 31.2 Å². The molecule has 4 nitrogen and oxygen atoms in total. The number of amides is 1. The molecule has 1 aromatic heterocycles. The molecule has 100 valence electrons. The molecule has 0 aliphatic heterocycles. The number of hydrogen-bond donors (Lipinski definition) is 1. The standard InChI is InChI=1S/C14H23N3O/c1-4-11(5-2)10-17(6-3)14(18)12-9-16-8-7-13(12)15/h7-9,11H,4-6,10H2,1-3H3,(H2,15,16). The van der Waals surface area contributed by atoms with E-state index in [9.17, 15) is 4.79 Å². The molecule has 0 aliphatic carbocycles. The molecular formula is C14H23N3O. The maximum absolute atomic E-state index is 12.4. The largest absolute Gasteiger partial charge is 0.398 e. The van der Waals surface area contributed by atoms with Crippen LogP contribution in [0.15, 0.2) is 18.5 Å². The van der Waals surface area contributed by atoms with Crippen molar-refractivity contribution in [3.05, 3.63) is 24.0 Å². The number of pyridine rings is 1. The highest BCUT2D eigenvalue weighted by Gasteiger charge is 2.19. The Morgan fingerprint density at radius 3 is 2.56 bits per heavy atom. The van der Waals surface area contributed by atoms with Gasteiger partial charge in [0.05, 0.1) is 5.56 Å². The van der Waals surface area contributed by atoms with E-state index < -0.39 is 0 Å². The van der Waals surface area contributed by atoms with E-state index in [4.69, 9.17) is 5.73 Å². The van der Waals surface area contributed by atoms with Gasteiger partial charge in [-0.25, -0.2) is 0 Å². The fraction of sp³-hybridized carbons (Fsp3) is 0.571.